The highest BCUT2D eigenvalue weighted by atomic mass is 32.1. The average Bonchev–Trinajstić information content (AvgIpc) is 2.87. The number of anilines is 1. The van der Waals surface area contributed by atoms with Crippen LogP contribution in [0.4, 0.5) is 5.13 Å². The van der Waals surface area contributed by atoms with E-state index >= 15 is 0 Å². The third-order valence-electron chi connectivity index (χ3n) is 3.30. The van der Waals surface area contributed by atoms with Crippen molar-refractivity contribution in [2.75, 3.05) is 31.7 Å². The zero-order valence-electron chi connectivity index (χ0n) is 13.5. The predicted octanol–water partition coefficient (Wildman–Crippen LogP) is 3.14. The van der Waals surface area contributed by atoms with E-state index in [1.165, 1.54) is 4.88 Å². The van der Waals surface area contributed by atoms with Gasteiger partial charge in [0.15, 0.2) is 5.13 Å². The summed E-state index contributed by atoms with van der Waals surface area (Å²) in [6, 6.07) is 0.493. The smallest absolute Gasteiger partial charge is 0.185 e. The molecule has 0 radical (unpaired) electrons. The zero-order valence-corrected chi connectivity index (χ0v) is 14.3. The van der Waals surface area contributed by atoms with Gasteiger partial charge in [0.05, 0.1) is 6.61 Å². The summed E-state index contributed by atoms with van der Waals surface area (Å²) in [5, 5.41) is 4.58. The van der Waals surface area contributed by atoms with E-state index in [4.69, 9.17) is 4.74 Å². The van der Waals surface area contributed by atoms with Crippen molar-refractivity contribution in [3.8, 4) is 0 Å². The highest BCUT2D eigenvalue weighted by molar-refractivity contribution is 7.15. The molecule has 1 atom stereocenters. The molecule has 116 valence electrons. The lowest BCUT2D eigenvalue weighted by Gasteiger charge is -2.27. The number of ether oxygens (including phenoxy) is 1. The Morgan fingerprint density at radius 3 is 2.75 bits per heavy atom. The van der Waals surface area contributed by atoms with E-state index in [0.29, 0.717) is 12.0 Å². The topological polar surface area (TPSA) is 37.4 Å². The van der Waals surface area contributed by atoms with Crippen LogP contribution < -0.4 is 10.2 Å². The van der Waals surface area contributed by atoms with Crippen molar-refractivity contribution in [2.45, 2.75) is 46.7 Å². The number of hydrogen-bond acceptors (Lipinski definition) is 5. The third-order valence-corrected chi connectivity index (χ3v) is 4.33. The summed E-state index contributed by atoms with van der Waals surface area (Å²) in [7, 11) is 1.75. The fraction of sp³-hybridized carbons (Fsp3) is 0.800. The maximum atomic E-state index is 5.21. The Bertz CT molecular complexity index is 368. The van der Waals surface area contributed by atoms with Crippen molar-refractivity contribution >= 4 is 16.5 Å². The molecule has 0 aromatic carbocycles. The van der Waals surface area contributed by atoms with Gasteiger partial charge in [-0.15, -0.1) is 11.3 Å². The van der Waals surface area contributed by atoms with E-state index in [9.17, 15) is 0 Å². The molecule has 20 heavy (non-hydrogen) atoms. The third kappa shape index (κ3) is 5.77. The molecule has 1 aromatic heterocycles. The van der Waals surface area contributed by atoms with E-state index in [1.807, 2.05) is 6.20 Å². The predicted molar refractivity (Wildman–Crippen MR) is 87.6 cm³/mol. The maximum Gasteiger partial charge on any atom is 0.185 e. The molecule has 1 N–H and O–H groups in total. The molecule has 0 spiro atoms. The highest BCUT2D eigenvalue weighted by Gasteiger charge is 2.16. The van der Waals surface area contributed by atoms with Crippen LogP contribution in [0.25, 0.3) is 0 Å². The van der Waals surface area contributed by atoms with Gasteiger partial charge in [0.2, 0.25) is 0 Å². The molecule has 4 nitrogen and oxygen atoms in total. The Kier molecular flexibility index (Phi) is 8.11. The largest absolute Gasteiger partial charge is 0.383 e. The molecule has 0 amide bonds. The minimum absolute atomic E-state index is 0.493. The molecule has 0 aliphatic carbocycles. The Morgan fingerprint density at radius 1 is 1.40 bits per heavy atom. The summed E-state index contributed by atoms with van der Waals surface area (Å²) in [5.41, 5.74) is 0. The SMILES string of the molecule is CCC(C)N(CCOC)c1ncc(CNCC(C)C)s1. The minimum Gasteiger partial charge on any atom is -0.383 e. The van der Waals surface area contributed by atoms with E-state index in [-0.39, 0.29) is 0 Å². The molecule has 0 aliphatic heterocycles. The Hall–Kier alpha value is -0.650. The molecule has 1 unspecified atom stereocenters. The highest BCUT2D eigenvalue weighted by Crippen LogP contribution is 2.25. The van der Waals surface area contributed by atoms with Gasteiger partial charge in [0.25, 0.3) is 0 Å². The first kappa shape index (κ1) is 17.4. The zero-order chi connectivity index (χ0) is 15.0. The first-order valence-electron chi connectivity index (χ1n) is 7.49. The summed E-state index contributed by atoms with van der Waals surface area (Å²) in [5.74, 6) is 0.681. The molecule has 0 aliphatic rings. The number of nitrogens with one attached hydrogen (secondary N) is 1. The average molecular weight is 299 g/mol. The molecule has 1 rings (SSSR count). The summed E-state index contributed by atoms with van der Waals surface area (Å²) in [6.45, 7) is 12.5. The number of nitrogens with zero attached hydrogens (tertiary/aromatic N) is 2. The van der Waals surface area contributed by atoms with Crippen molar-refractivity contribution in [1.82, 2.24) is 10.3 Å². The van der Waals surface area contributed by atoms with Crippen LogP contribution in [-0.4, -0.2) is 37.8 Å². The number of methoxy groups -OCH3 is 1. The fourth-order valence-electron chi connectivity index (χ4n) is 1.91. The quantitative estimate of drug-likeness (QED) is 0.720. The van der Waals surface area contributed by atoms with Crippen LogP contribution >= 0.6 is 11.3 Å². The lowest BCUT2D eigenvalue weighted by atomic mass is 10.2. The molecule has 0 saturated heterocycles. The molecular weight excluding hydrogens is 270 g/mol. The second kappa shape index (κ2) is 9.32. The molecule has 1 aromatic rings. The normalized spacial score (nSPS) is 12.9. The minimum atomic E-state index is 0.493. The monoisotopic (exact) mass is 299 g/mol. The van der Waals surface area contributed by atoms with Crippen LogP contribution in [0.15, 0.2) is 6.20 Å². The molecule has 0 bridgehead atoms. The number of hydrogen-bond donors (Lipinski definition) is 1. The van der Waals surface area contributed by atoms with E-state index in [2.05, 4.69) is 42.9 Å². The van der Waals surface area contributed by atoms with Crippen LogP contribution in [-0.2, 0) is 11.3 Å². The second-order valence-corrected chi connectivity index (χ2v) is 6.67. The summed E-state index contributed by atoms with van der Waals surface area (Å²) < 4.78 is 5.21. The standard InChI is InChI=1S/C15H29N3OS/c1-6-13(4)18(7-8-19-5)15-17-11-14(20-15)10-16-9-12(2)3/h11-13,16H,6-10H2,1-5H3. The van der Waals surface area contributed by atoms with Crippen LogP contribution in [0.3, 0.4) is 0 Å². The van der Waals surface area contributed by atoms with Crippen LogP contribution in [0.2, 0.25) is 0 Å². The number of aromatic nitrogens is 1. The lowest BCUT2D eigenvalue weighted by molar-refractivity contribution is 0.203. The van der Waals surface area contributed by atoms with E-state index in [0.717, 1.165) is 37.8 Å². The maximum absolute atomic E-state index is 5.21. The number of thiazole rings is 1. The molecule has 1 heterocycles. The van der Waals surface area contributed by atoms with Gasteiger partial charge in [-0.1, -0.05) is 20.8 Å². The Morgan fingerprint density at radius 2 is 2.15 bits per heavy atom. The van der Waals surface area contributed by atoms with Crippen LogP contribution in [0, 0.1) is 5.92 Å². The molecular formula is C15H29N3OS. The van der Waals surface area contributed by atoms with Crippen molar-refractivity contribution in [3.05, 3.63) is 11.1 Å². The van der Waals surface area contributed by atoms with Gasteiger partial charge >= 0.3 is 0 Å². The van der Waals surface area contributed by atoms with E-state index < -0.39 is 0 Å². The fourth-order valence-corrected chi connectivity index (χ4v) is 2.92. The molecule has 0 fully saturated rings. The van der Waals surface area contributed by atoms with Gasteiger partial charge in [0, 0.05) is 37.3 Å². The van der Waals surface area contributed by atoms with Gasteiger partial charge in [-0.25, -0.2) is 4.98 Å². The summed E-state index contributed by atoms with van der Waals surface area (Å²) in [4.78, 5) is 8.23. The van der Waals surface area contributed by atoms with Crippen molar-refractivity contribution in [3.63, 3.8) is 0 Å². The van der Waals surface area contributed by atoms with Gasteiger partial charge in [-0.2, -0.15) is 0 Å². The molecule has 0 saturated carbocycles. The first-order valence-corrected chi connectivity index (χ1v) is 8.31. The van der Waals surface area contributed by atoms with Crippen LogP contribution in [0.1, 0.15) is 39.0 Å². The van der Waals surface area contributed by atoms with Crippen LogP contribution in [0.5, 0.6) is 0 Å². The van der Waals surface area contributed by atoms with E-state index in [1.54, 1.807) is 18.4 Å². The number of rotatable bonds is 10. The lowest BCUT2D eigenvalue weighted by Crippen LogP contribution is -2.35. The summed E-state index contributed by atoms with van der Waals surface area (Å²) >= 11 is 1.78. The summed E-state index contributed by atoms with van der Waals surface area (Å²) in [6.07, 6.45) is 3.11. The van der Waals surface area contributed by atoms with Crippen molar-refractivity contribution in [1.29, 1.82) is 0 Å². The second-order valence-electron chi connectivity index (χ2n) is 5.58. The van der Waals surface area contributed by atoms with Gasteiger partial charge in [-0.05, 0) is 25.8 Å². The Labute approximate surface area is 127 Å². The van der Waals surface area contributed by atoms with Crippen molar-refractivity contribution in [2.24, 2.45) is 5.92 Å². The first-order chi connectivity index (χ1) is 9.58. The van der Waals surface area contributed by atoms with Gasteiger partial charge < -0.3 is 15.0 Å². The van der Waals surface area contributed by atoms with Gasteiger partial charge in [0.1, 0.15) is 0 Å². The van der Waals surface area contributed by atoms with Crippen molar-refractivity contribution < 1.29 is 4.74 Å². The van der Waals surface area contributed by atoms with Gasteiger partial charge in [-0.3, -0.25) is 0 Å². The Balaban J connectivity index is 2.60. The molecule has 5 heteroatoms.